The molecule has 2 fully saturated rings. The minimum Gasteiger partial charge on any atom is -0.337 e. The summed E-state index contributed by atoms with van der Waals surface area (Å²) in [7, 11) is 0. The number of nitrogens with zero attached hydrogens (tertiary/aromatic N) is 4. The molecule has 2 saturated heterocycles. The highest BCUT2D eigenvalue weighted by Gasteiger charge is 2.39. The van der Waals surface area contributed by atoms with Crippen molar-refractivity contribution in [3.05, 3.63) is 54.4 Å². The molecule has 5 nitrogen and oxygen atoms in total. The molecule has 25 heavy (non-hydrogen) atoms. The molecule has 0 spiro atoms. The monoisotopic (exact) mass is 338 g/mol. The Hall–Kier alpha value is -2.14. The summed E-state index contributed by atoms with van der Waals surface area (Å²) in [4.78, 5) is 17.5. The van der Waals surface area contributed by atoms with Crippen molar-refractivity contribution in [2.24, 2.45) is 0 Å². The van der Waals surface area contributed by atoms with Crippen LogP contribution in [0.25, 0.3) is 0 Å². The fourth-order valence-corrected chi connectivity index (χ4v) is 4.43. The summed E-state index contributed by atoms with van der Waals surface area (Å²) in [5.74, 6) is 0.206. The molecule has 0 unspecified atom stereocenters. The molecule has 0 saturated carbocycles. The zero-order chi connectivity index (χ0) is 17.1. The Morgan fingerprint density at radius 2 is 1.84 bits per heavy atom. The Bertz CT molecular complexity index is 685. The van der Waals surface area contributed by atoms with E-state index in [0.29, 0.717) is 18.6 Å². The number of carbonyl (C=O) groups is 1. The average molecular weight is 338 g/mol. The van der Waals surface area contributed by atoms with E-state index >= 15 is 0 Å². The number of carbonyl (C=O) groups excluding carboxylic acids is 1. The fraction of sp³-hybridized carbons (Fsp3) is 0.500. The van der Waals surface area contributed by atoms with E-state index in [1.165, 1.54) is 18.4 Å². The molecule has 4 rings (SSSR count). The zero-order valence-corrected chi connectivity index (χ0v) is 14.6. The van der Waals surface area contributed by atoms with Gasteiger partial charge >= 0.3 is 0 Å². The zero-order valence-electron chi connectivity index (χ0n) is 14.6. The number of rotatable bonds is 5. The van der Waals surface area contributed by atoms with Gasteiger partial charge in [0.1, 0.15) is 6.54 Å². The molecule has 132 valence electrons. The summed E-state index contributed by atoms with van der Waals surface area (Å²) in [5, 5.41) is 4.18. The summed E-state index contributed by atoms with van der Waals surface area (Å²) in [5.41, 5.74) is 1.36. The number of hydrogen-bond donors (Lipinski definition) is 0. The van der Waals surface area contributed by atoms with E-state index < -0.39 is 0 Å². The van der Waals surface area contributed by atoms with E-state index in [1.54, 1.807) is 10.9 Å². The third-order valence-electron chi connectivity index (χ3n) is 5.56. The van der Waals surface area contributed by atoms with Gasteiger partial charge in [-0.15, -0.1) is 0 Å². The molecule has 0 N–H and O–H groups in total. The highest BCUT2D eigenvalue weighted by Crippen LogP contribution is 2.31. The Balaban J connectivity index is 1.44. The highest BCUT2D eigenvalue weighted by atomic mass is 16.2. The quantitative estimate of drug-likeness (QED) is 0.841. The van der Waals surface area contributed by atoms with Gasteiger partial charge in [0.05, 0.1) is 0 Å². The number of hydrogen-bond acceptors (Lipinski definition) is 3. The third kappa shape index (κ3) is 3.61. The van der Waals surface area contributed by atoms with Gasteiger partial charge < -0.3 is 4.90 Å². The van der Waals surface area contributed by atoms with Crippen molar-refractivity contribution >= 4 is 5.91 Å². The van der Waals surface area contributed by atoms with Gasteiger partial charge in [-0.2, -0.15) is 5.10 Å². The maximum Gasteiger partial charge on any atom is 0.244 e. The van der Waals surface area contributed by atoms with E-state index in [9.17, 15) is 4.79 Å². The van der Waals surface area contributed by atoms with Gasteiger partial charge in [-0.05, 0) is 43.9 Å². The molecule has 2 atom stereocenters. The van der Waals surface area contributed by atoms with E-state index in [4.69, 9.17) is 0 Å². The second-order valence-electron chi connectivity index (χ2n) is 7.17. The lowest BCUT2D eigenvalue weighted by atomic mass is 10.0. The van der Waals surface area contributed by atoms with Crippen molar-refractivity contribution in [3.8, 4) is 0 Å². The third-order valence-corrected chi connectivity index (χ3v) is 5.56. The van der Waals surface area contributed by atoms with Gasteiger partial charge in [-0.1, -0.05) is 30.3 Å². The van der Waals surface area contributed by atoms with Crippen molar-refractivity contribution in [3.63, 3.8) is 0 Å². The van der Waals surface area contributed by atoms with Crippen LogP contribution in [0.4, 0.5) is 0 Å². The van der Waals surface area contributed by atoms with Crippen LogP contribution in [-0.4, -0.2) is 50.7 Å². The molecule has 0 bridgehead atoms. The summed E-state index contributed by atoms with van der Waals surface area (Å²) >= 11 is 0. The van der Waals surface area contributed by atoms with Gasteiger partial charge in [0.2, 0.25) is 5.91 Å². The predicted octanol–water partition coefficient (Wildman–Crippen LogP) is 2.54. The van der Waals surface area contributed by atoms with Crippen LogP contribution in [-0.2, 0) is 17.9 Å². The molecule has 2 aromatic rings. The lowest BCUT2D eigenvalue weighted by Crippen LogP contribution is -2.48. The van der Waals surface area contributed by atoms with Crippen molar-refractivity contribution in [1.29, 1.82) is 0 Å². The highest BCUT2D eigenvalue weighted by molar-refractivity contribution is 5.76. The standard InChI is InChI=1S/C20H26N4O/c25-20(16-23-13-6-11-21-23)24-14-5-10-19(24)18-9-4-12-22(18)15-17-7-2-1-3-8-17/h1-3,6-8,11,13,18-19H,4-5,9-10,12,14-16H2/t18-,19+/m1/s1. The first-order valence-corrected chi connectivity index (χ1v) is 9.36. The Morgan fingerprint density at radius 3 is 2.64 bits per heavy atom. The van der Waals surface area contributed by atoms with Crippen molar-refractivity contribution in [2.45, 2.75) is 50.9 Å². The minimum atomic E-state index is 0.206. The maximum absolute atomic E-state index is 12.8. The Labute approximate surface area is 149 Å². The van der Waals surface area contributed by atoms with Crippen LogP contribution >= 0.6 is 0 Å². The normalized spacial score (nSPS) is 24.1. The molecule has 2 aliphatic heterocycles. The van der Waals surface area contributed by atoms with E-state index in [1.807, 2.05) is 12.3 Å². The van der Waals surface area contributed by atoms with Crippen molar-refractivity contribution < 1.29 is 4.79 Å². The molecule has 1 aromatic carbocycles. The average Bonchev–Trinajstić information content (AvgIpc) is 3.36. The number of likely N-dealkylation sites (tertiary alicyclic amines) is 2. The first kappa shape index (κ1) is 16.3. The van der Waals surface area contributed by atoms with Crippen LogP contribution in [0.5, 0.6) is 0 Å². The summed E-state index contributed by atoms with van der Waals surface area (Å²) < 4.78 is 1.73. The van der Waals surface area contributed by atoms with Crippen molar-refractivity contribution in [1.82, 2.24) is 19.6 Å². The molecule has 0 aliphatic carbocycles. The first-order valence-electron chi connectivity index (χ1n) is 9.36. The van der Waals surface area contributed by atoms with Crippen LogP contribution in [0, 0.1) is 0 Å². The summed E-state index contributed by atoms with van der Waals surface area (Å²) in [6.45, 7) is 3.37. The Kier molecular flexibility index (Phi) is 4.83. The van der Waals surface area contributed by atoms with Crippen LogP contribution in [0.15, 0.2) is 48.8 Å². The minimum absolute atomic E-state index is 0.206. The van der Waals surface area contributed by atoms with Crippen LogP contribution in [0.3, 0.4) is 0 Å². The van der Waals surface area contributed by atoms with Gasteiger partial charge in [0.25, 0.3) is 0 Å². The molecule has 1 amide bonds. The molecule has 1 aromatic heterocycles. The second-order valence-corrected chi connectivity index (χ2v) is 7.17. The maximum atomic E-state index is 12.8. The van der Waals surface area contributed by atoms with Crippen molar-refractivity contribution in [2.75, 3.05) is 13.1 Å². The number of amides is 1. The fourth-order valence-electron chi connectivity index (χ4n) is 4.43. The SMILES string of the molecule is O=C(Cn1cccn1)N1CCC[C@H]1[C@H]1CCCN1Cc1ccccc1. The molecular formula is C20H26N4O. The number of benzene rings is 1. The molecular weight excluding hydrogens is 312 g/mol. The molecule has 5 heteroatoms. The molecule has 2 aliphatic rings. The predicted molar refractivity (Wildman–Crippen MR) is 96.8 cm³/mol. The lowest BCUT2D eigenvalue weighted by molar-refractivity contribution is -0.134. The van der Waals surface area contributed by atoms with E-state index in [2.05, 4.69) is 45.2 Å². The van der Waals surface area contributed by atoms with Crippen LogP contribution in [0.2, 0.25) is 0 Å². The van der Waals surface area contributed by atoms with Gasteiger partial charge in [-0.3, -0.25) is 14.4 Å². The Morgan fingerprint density at radius 1 is 1.04 bits per heavy atom. The van der Waals surface area contributed by atoms with Gasteiger partial charge in [-0.25, -0.2) is 0 Å². The number of aromatic nitrogens is 2. The van der Waals surface area contributed by atoms with Crippen LogP contribution in [0.1, 0.15) is 31.2 Å². The molecule has 0 radical (unpaired) electrons. The van der Waals surface area contributed by atoms with E-state index in [-0.39, 0.29) is 5.91 Å². The van der Waals surface area contributed by atoms with E-state index in [0.717, 1.165) is 32.5 Å². The van der Waals surface area contributed by atoms with Gasteiger partial charge in [0, 0.05) is 37.6 Å². The lowest BCUT2D eigenvalue weighted by Gasteiger charge is -2.35. The molecule has 3 heterocycles. The van der Waals surface area contributed by atoms with Crippen LogP contribution < -0.4 is 0 Å². The first-order chi connectivity index (χ1) is 12.3. The van der Waals surface area contributed by atoms with Gasteiger partial charge in [0.15, 0.2) is 0 Å². The summed E-state index contributed by atoms with van der Waals surface area (Å²) in [6, 6.07) is 13.4. The second kappa shape index (κ2) is 7.40. The summed E-state index contributed by atoms with van der Waals surface area (Å²) in [6.07, 6.45) is 8.26. The topological polar surface area (TPSA) is 41.4 Å². The smallest absolute Gasteiger partial charge is 0.244 e. The largest absolute Gasteiger partial charge is 0.337 e.